The first kappa shape index (κ1) is 13.3. The Morgan fingerprint density at radius 3 is 1.93 bits per heavy atom. The first-order valence-corrected chi connectivity index (χ1v) is 4.63. The standard InChI is InChI=1S/C9H17F2NO2/c1-7(2)8(9(13)14)12(5-3-10)6-4-11/h7-8H,3-6H2,1-2H3,(H,13,14)/t8-/m0/s1. The van der Waals surface area contributed by atoms with Crippen molar-refractivity contribution in [3.63, 3.8) is 0 Å². The molecule has 0 heterocycles. The van der Waals surface area contributed by atoms with E-state index < -0.39 is 25.4 Å². The summed E-state index contributed by atoms with van der Waals surface area (Å²) in [6, 6.07) is -0.804. The number of alkyl halides is 2. The molecule has 0 unspecified atom stereocenters. The molecule has 0 bridgehead atoms. The second-order valence-corrected chi connectivity index (χ2v) is 3.44. The molecule has 84 valence electrons. The van der Waals surface area contributed by atoms with Crippen molar-refractivity contribution in [2.75, 3.05) is 26.4 Å². The number of carbonyl (C=O) groups is 1. The number of rotatable bonds is 7. The minimum Gasteiger partial charge on any atom is -0.480 e. The Bertz CT molecular complexity index is 170. The quantitative estimate of drug-likeness (QED) is 0.687. The maximum Gasteiger partial charge on any atom is 0.321 e. The van der Waals surface area contributed by atoms with Gasteiger partial charge in [-0.05, 0) is 5.92 Å². The molecule has 0 aromatic carbocycles. The number of hydrogen-bond donors (Lipinski definition) is 1. The van der Waals surface area contributed by atoms with Gasteiger partial charge in [0.05, 0.1) is 0 Å². The number of halogens is 2. The van der Waals surface area contributed by atoms with Crippen LogP contribution in [0, 0.1) is 5.92 Å². The molecule has 0 aliphatic heterocycles. The van der Waals surface area contributed by atoms with Crippen molar-refractivity contribution in [3.05, 3.63) is 0 Å². The molecular formula is C9H17F2NO2. The van der Waals surface area contributed by atoms with Crippen LogP contribution in [-0.2, 0) is 4.79 Å². The lowest BCUT2D eigenvalue weighted by molar-refractivity contribution is -0.145. The smallest absolute Gasteiger partial charge is 0.321 e. The predicted octanol–water partition coefficient (Wildman–Crippen LogP) is 1.34. The normalized spacial score (nSPS) is 13.6. The number of hydrogen-bond acceptors (Lipinski definition) is 2. The van der Waals surface area contributed by atoms with Gasteiger partial charge in [0, 0.05) is 13.1 Å². The van der Waals surface area contributed by atoms with E-state index in [1.807, 2.05) is 0 Å². The molecule has 5 heteroatoms. The molecule has 0 aliphatic rings. The highest BCUT2D eigenvalue weighted by atomic mass is 19.1. The van der Waals surface area contributed by atoms with Crippen LogP contribution < -0.4 is 0 Å². The van der Waals surface area contributed by atoms with Gasteiger partial charge in [-0.25, -0.2) is 8.78 Å². The molecule has 0 radical (unpaired) electrons. The second kappa shape index (κ2) is 6.70. The highest BCUT2D eigenvalue weighted by molar-refractivity contribution is 5.73. The third-order valence-electron chi connectivity index (χ3n) is 2.02. The lowest BCUT2D eigenvalue weighted by atomic mass is 10.0. The zero-order valence-corrected chi connectivity index (χ0v) is 8.54. The Balaban J connectivity index is 4.46. The van der Waals surface area contributed by atoms with Crippen molar-refractivity contribution >= 4 is 5.97 Å². The van der Waals surface area contributed by atoms with Gasteiger partial charge in [0.1, 0.15) is 19.4 Å². The van der Waals surface area contributed by atoms with E-state index in [4.69, 9.17) is 5.11 Å². The van der Waals surface area contributed by atoms with E-state index in [0.717, 1.165) is 0 Å². The van der Waals surface area contributed by atoms with Gasteiger partial charge in [-0.15, -0.1) is 0 Å². The van der Waals surface area contributed by atoms with Gasteiger partial charge in [0.15, 0.2) is 0 Å². The van der Waals surface area contributed by atoms with Crippen LogP contribution in [0.1, 0.15) is 13.8 Å². The fourth-order valence-electron chi connectivity index (χ4n) is 1.47. The SMILES string of the molecule is CC(C)[C@@H](C(=O)O)N(CCF)CCF. The van der Waals surface area contributed by atoms with Crippen molar-refractivity contribution in [1.82, 2.24) is 4.90 Å². The molecule has 0 fully saturated rings. The molecular weight excluding hydrogens is 192 g/mol. The highest BCUT2D eigenvalue weighted by Gasteiger charge is 2.27. The van der Waals surface area contributed by atoms with E-state index in [0.29, 0.717) is 0 Å². The van der Waals surface area contributed by atoms with Gasteiger partial charge in [0.25, 0.3) is 0 Å². The first-order valence-electron chi connectivity index (χ1n) is 4.63. The van der Waals surface area contributed by atoms with Gasteiger partial charge in [0.2, 0.25) is 0 Å². The topological polar surface area (TPSA) is 40.5 Å². The molecule has 0 aromatic heterocycles. The maximum absolute atomic E-state index is 12.1. The molecule has 0 spiro atoms. The van der Waals surface area contributed by atoms with Crippen molar-refractivity contribution in [1.29, 1.82) is 0 Å². The summed E-state index contributed by atoms with van der Waals surface area (Å²) in [5.41, 5.74) is 0. The summed E-state index contributed by atoms with van der Waals surface area (Å²) in [6.45, 7) is 2.08. The molecule has 0 saturated heterocycles. The summed E-state index contributed by atoms with van der Waals surface area (Å²) in [5, 5.41) is 8.88. The number of aliphatic carboxylic acids is 1. The van der Waals surface area contributed by atoms with Crippen LogP contribution >= 0.6 is 0 Å². The van der Waals surface area contributed by atoms with Crippen LogP contribution in [0.15, 0.2) is 0 Å². The van der Waals surface area contributed by atoms with E-state index in [1.54, 1.807) is 13.8 Å². The van der Waals surface area contributed by atoms with Crippen LogP contribution in [0.4, 0.5) is 8.78 Å². The summed E-state index contributed by atoms with van der Waals surface area (Å²) in [5.74, 6) is -1.19. The van der Waals surface area contributed by atoms with E-state index in [-0.39, 0.29) is 19.0 Å². The zero-order chi connectivity index (χ0) is 11.1. The fraction of sp³-hybridized carbons (Fsp3) is 0.889. The Morgan fingerprint density at radius 1 is 1.29 bits per heavy atom. The van der Waals surface area contributed by atoms with Gasteiger partial charge in [-0.2, -0.15) is 0 Å². The summed E-state index contributed by atoms with van der Waals surface area (Å²) in [6.07, 6.45) is 0. The Labute approximate surface area is 82.7 Å². The first-order chi connectivity index (χ1) is 6.54. The average Bonchev–Trinajstić information content (AvgIpc) is 2.03. The summed E-state index contributed by atoms with van der Waals surface area (Å²) >= 11 is 0. The van der Waals surface area contributed by atoms with Gasteiger partial charge in [-0.1, -0.05) is 13.8 Å². The van der Waals surface area contributed by atoms with Gasteiger partial charge >= 0.3 is 5.97 Å². The van der Waals surface area contributed by atoms with E-state index in [1.165, 1.54) is 4.90 Å². The monoisotopic (exact) mass is 209 g/mol. The van der Waals surface area contributed by atoms with Crippen molar-refractivity contribution in [2.45, 2.75) is 19.9 Å². The fourth-order valence-corrected chi connectivity index (χ4v) is 1.47. The lowest BCUT2D eigenvalue weighted by Gasteiger charge is -2.29. The lowest BCUT2D eigenvalue weighted by Crippen LogP contribution is -2.46. The van der Waals surface area contributed by atoms with Crippen molar-refractivity contribution in [3.8, 4) is 0 Å². The van der Waals surface area contributed by atoms with Gasteiger partial charge < -0.3 is 5.11 Å². The molecule has 0 amide bonds. The van der Waals surface area contributed by atoms with Crippen LogP contribution in [0.25, 0.3) is 0 Å². The maximum atomic E-state index is 12.1. The Kier molecular flexibility index (Phi) is 6.36. The molecule has 1 atom stereocenters. The summed E-state index contributed by atoms with van der Waals surface area (Å²) in [7, 11) is 0. The van der Waals surface area contributed by atoms with Crippen molar-refractivity contribution < 1.29 is 18.7 Å². The zero-order valence-electron chi connectivity index (χ0n) is 8.54. The van der Waals surface area contributed by atoms with Crippen LogP contribution in [0.2, 0.25) is 0 Å². The molecule has 1 N–H and O–H groups in total. The molecule has 0 saturated carbocycles. The Morgan fingerprint density at radius 2 is 1.71 bits per heavy atom. The number of carboxylic acid groups (broad SMARTS) is 1. The summed E-state index contributed by atoms with van der Waals surface area (Å²) < 4.78 is 24.2. The van der Waals surface area contributed by atoms with Crippen LogP contribution in [0.5, 0.6) is 0 Å². The molecule has 0 aliphatic carbocycles. The molecule has 0 rings (SSSR count). The van der Waals surface area contributed by atoms with E-state index >= 15 is 0 Å². The predicted molar refractivity (Wildman–Crippen MR) is 49.8 cm³/mol. The van der Waals surface area contributed by atoms with Crippen molar-refractivity contribution in [2.24, 2.45) is 5.92 Å². The minimum absolute atomic E-state index is 0.0287. The number of carboxylic acids is 1. The molecule has 3 nitrogen and oxygen atoms in total. The third-order valence-corrected chi connectivity index (χ3v) is 2.02. The third kappa shape index (κ3) is 4.00. The second-order valence-electron chi connectivity index (χ2n) is 3.44. The highest BCUT2D eigenvalue weighted by Crippen LogP contribution is 2.11. The van der Waals surface area contributed by atoms with Gasteiger partial charge in [-0.3, -0.25) is 9.69 Å². The molecule has 0 aromatic rings. The van der Waals surface area contributed by atoms with E-state index in [9.17, 15) is 13.6 Å². The minimum atomic E-state index is -1.03. The van der Waals surface area contributed by atoms with E-state index in [2.05, 4.69) is 0 Å². The largest absolute Gasteiger partial charge is 0.480 e. The molecule has 14 heavy (non-hydrogen) atoms. The van der Waals surface area contributed by atoms with Crippen LogP contribution in [-0.4, -0.2) is 48.5 Å². The van der Waals surface area contributed by atoms with Crippen LogP contribution in [0.3, 0.4) is 0 Å². The average molecular weight is 209 g/mol. The number of nitrogens with zero attached hydrogens (tertiary/aromatic N) is 1. The Hall–Kier alpha value is -0.710. The summed E-state index contributed by atoms with van der Waals surface area (Å²) in [4.78, 5) is 12.2.